The molecule has 0 aromatic heterocycles. The number of halogens is 1. The number of nitrogens with two attached hydrogens (primary N) is 1. The van der Waals surface area contributed by atoms with Gasteiger partial charge < -0.3 is 10.5 Å². The van der Waals surface area contributed by atoms with E-state index < -0.39 is 0 Å². The van der Waals surface area contributed by atoms with Crippen molar-refractivity contribution in [3.05, 3.63) is 0 Å². The van der Waals surface area contributed by atoms with Crippen molar-refractivity contribution in [2.24, 2.45) is 5.90 Å². The normalized spacial score (nSPS) is 16.4. The minimum absolute atomic E-state index is 0. The third-order valence-electron chi connectivity index (χ3n) is 1.40. The first kappa shape index (κ1) is 13.3. The Morgan fingerprint density at radius 1 is 1.27 bits per heavy atom. The standard InChI is InChI=1S/C6H11NO.ClH.H3NO/c8-6-4-2-1-3-5-7-6;;1-2/h1-5H2,(H,7,8);1H;2H,1H2. The summed E-state index contributed by atoms with van der Waals surface area (Å²) in [7, 11) is 0. The van der Waals surface area contributed by atoms with E-state index in [1.807, 2.05) is 0 Å². The Morgan fingerprint density at radius 2 is 1.91 bits per heavy atom. The zero-order valence-electron chi connectivity index (χ0n) is 6.38. The SMILES string of the molecule is Cl.NO.O=C1CCCCCN1. The van der Waals surface area contributed by atoms with E-state index in [2.05, 4.69) is 11.2 Å². The van der Waals surface area contributed by atoms with Crippen LogP contribution in [0.15, 0.2) is 0 Å². The van der Waals surface area contributed by atoms with Gasteiger partial charge in [0, 0.05) is 13.0 Å². The molecule has 1 heterocycles. The zero-order chi connectivity index (χ0) is 7.82. The molecule has 0 unspecified atom stereocenters. The highest BCUT2D eigenvalue weighted by molar-refractivity contribution is 5.85. The molecule has 4 N–H and O–H groups in total. The maximum absolute atomic E-state index is 10.6. The van der Waals surface area contributed by atoms with Crippen LogP contribution in [0, 0.1) is 0 Å². The maximum Gasteiger partial charge on any atom is 0.219 e. The van der Waals surface area contributed by atoms with Gasteiger partial charge in [-0.25, -0.2) is 5.90 Å². The second-order valence-corrected chi connectivity index (χ2v) is 2.16. The fourth-order valence-corrected chi connectivity index (χ4v) is 0.904. The average molecular weight is 183 g/mol. The minimum Gasteiger partial charge on any atom is -0.356 e. The smallest absolute Gasteiger partial charge is 0.219 e. The molecular weight excluding hydrogens is 168 g/mol. The molecule has 1 fully saturated rings. The van der Waals surface area contributed by atoms with Crippen molar-refractivity contribution in [3.63, 3.8) is 0 Å². The molecule has 0 bridgehead atoms. The van der Waals surface area contributed by atoms with Crippen LogP contribution in [0.25, 0.3) is 0 Å². The van der Waals surface area contributed by atoms with Gasteiger partial charge in [0.25, 0.3) is 0 Å². The van der Waals surface area contributed by atoms with E-state index in [1.54, 1.807) is 0 Å². The van der Waals surface area contributed by atoms with E-state index in [0.717, 1.165) is 25.8 Å². The summed E-state index contributed by atoms with van der Waals surface area (Å²) < 4.78 is 0. The first-order valence-electron chi connectivity index (χ1n) is 3.42. The predicted molar refractivity (Wildman–Crippen MR) is 44.7 cm³/mol. The molecule has 0 aromatic rings. The van der Waals surface area contributed by atoms with Crippen LogP contribution < -0.4 is 11.2 Å². The third-order valence-corrected chi connectivity index (χ3v) is 1.40. The van der Waals surface area contributed by atoms with Crippen LogP contribution in [0.1, 0.15) is 25.7 Å². The van der Waals surface area contributed by atoms with Crippen molar-refractivity contribution in [1.82, 2.24) is 5.32 Å². The molecule has 1 rings (SSSR count). The molecule has 0 atom stereocenters. The number of carbonyl (C=O) groups excluding carboxylic acids is 1. The van der Waals surface area contributed by atoms with E-state index in [-0.39, 0.29) is 18.3 Å². The van der Waals surface area contributed by atoms with E-state index in [0.29, 0.717) is 0 Å². The van der Waals surface area contributed by atoms with Gasteiger partial charge in [0.15, 0.2) is 0 Å². The van der Waals surface area contributed by atoms with Gasteiger partial charge in [0.1, 0.15) is 0 Å². The van der Waals surface area contributed by atoms with Gasteiger partial charge >= 0.3 is 0 Å². The molecule has 1 saturated heterocycles. The average Bonchev–Trinajstić information content (AvgIpc) is 2.21. The lowest BCUT2D eigenvalue weighted by Gasteiger charge is -1.93. The molecule has 68 valence electrons. The molecule has 11 heavy (non-hydrogen) atoms. The van der Waals surface area contributed by atoms with Gasteiger partial charge in [0.2, 0.25) is 5.91 Å². The van der Waals surface area contributed by atoms with Crippen molar-refractivity contribution in [3.8, 4) is 0 Å². The molecule has 0 aromatic carbocycles. The van der Waals surface area contributed by atoms with E-state index in [1.165, 1.54) is 6.42 Å². The highest BCUT2D eigenvalue weighted by Crippen LogP contribution is 2.02. The van der Waals surface area contributed by atoms with Crippen molar-refractivity contribution < 1.29 is 10.0 Å². The lowest BCUT2D eigenvalue weighted by atomic mass is 10.2. The third kappa shape index (κ3) is 7.58. The lowest BCUT2D eigenvalue weighted by molar-refractivity contribution is -0.120. The fraction of sp³-hybridized carbons (Fsp3) is 0.833. The van der Waals surface area contributed by atoms with Crippen molar-refractivity contribution >= 4 is 18.3 Å². The zero-order valence-corrected chi connectivity index (χ0v) is 7.19. The number of hydrogen-bond donors (Lipinski definition) is 3. The first-order valence-corrected chi connectivity index (χ1v) is 3.42. The molecule has 4 nitrogen and oxygen atoms in total. The Balaban J connectivity index is 0. The van der Waals surface area contributed by atoms with Crippen molar-refractivity contribution in [1.29, 1.82) is 0 Å². The predicted octanol–water partition coefficient (Wildman–Crippen LogP) is 0.433. The summed E-state index contributed by atoms with van der Waals surface area (Å²) in [6, 6.07) is 0. The molecule has 0 aliphatic carbocycles. The Hall–Kier alpha value is -0.320. The Bertz CT molecular complexity index is 90.6. The van der Waals surface area contributed by atoms with Crippen LogP contribution in [0.3, 0.4) is 0 Å². The molecular formula is C6H15ClN2O2. The highest BCUT2D eigenvalue weighted by Gasteiger charge is 2.03. The molecule has 0 spiro atoms. The van der Waals surface area contributed by atoms with Gasteiger partial charge in [-0.1, -0.05) is 6.42 Å². The topological polar surface area (TPSA) is 75.3 Å². The van der Waals surface area contributed by atoms with Crippen molar-refractivity contribution in [2.45, 2.75) is 25.7 Å². The van der Waals surface area contributed by atoms with Gasteiger partial charge in [-0.2, -0.15) is 0 Å². The second-order valence-electron chi connectivity index (χ2n) is 2.16. The molecule has 5 heteroatoms. The summed E-state index contributed by atoms with van der Waals surface area (Å²) in [5, 5.41) is 9.31. The van der Waals surface area contributed by atoms with E-state index in [9.17, 15) is 4.79 Å². The van der Waals surface area contributed by atoms with Crippen LogP contribution in [0.4, 0.5) is 0 Å². The maximum atomic E-state index is 10.6. The Labute approximate surface area is 72.5 Å². The van der Waals surface area contributed by atoms with Gasteiger partial charge in [0.05, 0.1) is 0 Å². The second kappa shape index (κ2) is 9.68. The number of carbonyl (C=O) groups is 1. The quantitative estimate of drug-likeness (QED) is 0.476. The number of rotatable bonds is 0. The Morgan fingerprint density at radius 3 is 2.55 bits per heavy atom. The van der Waals surface area contributed by atoms with Crippen molar-refractivity contribution in [2.75, 3.05) is 6.54 Å². The Kier molecular flexibility index (Phi) is 11.7. The molecule has 1 aliphatic heterocycles. The highest BCUT2D eigenvalue weighted by atomic mass is 35.5. The van der Waals surface area contributed by atoms with Crippen LogP contribution >= 0.6 is 12.4 Å². The molecule has 0 saturated carbocycles. The van der Waals surface area contributed by atoms with Crippen LogP contribution in [0.2, 0.25) is 0 Å². The lowest BCUT2D eigenvalue weighted by Crippen LogP contribution is -2.21. The summed E-state index contributed by atoms with van der Waals surface area (Å²) in [6.45, 7) is 0.888. The van der Waals surface area contributed by atoms with Crippen LogP contribution in [-0.2, 0) is 4.79 Å². The van der Waals surface area contributed by atoms with E-state index >= 15 is 0 Å². The number of amides is 1. The van der Waals surface area contributed by atoms with Gasteiger partial charge in [-0.15, -0.1) is 12.4 Å². The first-order chi connectivity index (χ1) is 4.89. The monoisotopic (exact) mass is 182 g/mol. The minimum atomic E-state index is 0. The molecule has 1 amide bonds. The van der Waals surface area contributed by atoms with E-state index in [4.69, 9.17) is 5.21 Å². The fourth-order valence-electron chi connectivity index (χ4n) is 0.904. The van der Waals surface area contributed by atoms with Crippen LogP contribution in [0.5, 0.6) is 0 Å². The van der Waals surface area contributed by atoms with Gasteiger partial charge in [-0.3, -0.25) is 4.79 Å². The largest absolute Gasteiger partial charge is 0.356 e. The summed E-state index contributed by atoms with van der Waals surface area (Å²) >= 11 is 0. The summed E-state index contributed by atoms with van der Waals surface area (Å²) in [5.41, 5.74) is 0. The summed E-state index contributed by atoms with van der Waals surface area (Å²) in [4.78, 5) is 10.6. The number of nitrogens with one attached hydrogen (secondary N) is 1. The molecule has 1 aliphatic rings. The number of hydrogen-bond acceptors (Lipinski definition) is 3. The van der Waals surface area contributed by atoms with Gasteiger partial charge in [-0.05, 0) is 12.8 Å². The summed E-state index contributed by atoms with van der Waals surface area (Å²) in [5.74, 6) is 3.72. The summed E-state index contributed by atoms with van der Waals surface area (Å²) in [6.07, 6.45) is 4.18. The molecule has 0 radical (unpaired) electrons. The van der Waals surface area contributed by atoms with Crippen LogP contribution in [-0.4, -0.2) is 17.7 Å².